The van der Waals surface area contributed by atoms with Crippen molar-refractivity contribution >= 4 is 11.8 Å². The maximum Gasteiger partial charge on any atom is 0.331 e. The summed E-state index contributed by atoms with van der Waals surface area (Å²) in [5.41, 5.74) is 3.01. The topological polar surface area (TPSA) is 52.6 Å². The molecular weight excluding hydrogens is 340 g/mol. The first-order valence-corrected chi connectivity index (χ1v) is 10.7. The molecule has 6 rings (SSSR count). The third-order valence-electron chi connectivity index (χ3n) is 9.36. The van der Waals surface area contributed by atoms with Crippen LogP contribution in [0.15, 0.2) is 23.3 Å². The Morgan fingerprint density at radius 3 is 2.78 bits per heavy atom. The Balaban J connectivity index is 1.35. The predicted molar refractivity (Wildman–Crippen MR) is 98.7 cm³/mol. The van der Waals surface area contributed by atoms with Crippen LogP contribution in [-0.2, 0) is 19.1 Å². The Labute approximate surface area is 160 Å². The molecule has 4 heteroatoms. The monoisotopic (exact) mass is 368 g/mol. The minimum Gasteiger partial charge on any atom is -0.458 e. The number of fused-ring (bicyclic) bond motifs is 3. The van der Waals surface area contributed by atoms with Gasteiger partial charge >= 0.3 is 5.97 Å². The number of hydrogen-bond donors (Lipinski definition) is 0. The molecule has 7 atom stereocenters. The molecular formula is C23H28O4. The molecule has 144 valence electrons. The normalized spacial score (nSPS) is 50.5. The summed E-state index contributed by atoms with van der Waals surface area (Å²) in [5, 5.41) is 0. The largest absolute Gasteiger partial charge is 0.458 e. The molecule has 0 aromatic carbocycles. The van der Waals surface area contributed by atoms with Crippen LogP contribution >= 0.6 is 0 Å². The van der Waals surface area contributed by atoms with Crippen LogP contribution in [0.25, 0.3) is 0 Å². The van der Waals surface area contributed by atoms with Crippen LogP contribution in [0.5, 0.6) is 0 Å². The Morgan fingerprint density at radius 1 is 1.07 bits per heavy atom. The molecule has 0 spiro atoms. The van der Waals surface area contributed by atoms with Gasteiger partial charge in [-0.15, -0.1) is 0 Å². The molecule has 3 saturated carbocycles. The smallest absolute Gasteiger partial charge is 0.331 e. The zero-order valence-corrected chi connectivity index (χ0v) is 16.0. The van der Waals surface area contributed by atoms with Crippen molar-refractivity contribution in [3.8, 4) is 0 Å². The van der Waals surface area contributed by atoms with Crippen molar-refractivity contribution in [3.63, 3.8) is 0 Å². The van der Waals surface area contributed by atoms with Gasteiger partial charge < -0.3 is 9.47 Å². The summed E-state index contributed by atoms with van der Waals surface area (Å²) in [5.74, 6) is 2.71. The van der Waals surface area contributed by atoms with Crippen LogP contribution in [-0.4, -0.2) is 31.1 Å². The van der Waals surface area contributed by atoms with Gasteiger partial charge in [-0.1, -0.05) is 6.92 Å². The van der Waals surface area contributed by atoms with Gasteiger partial charge in [-0.2, -0.15) is 0 Å². The standard InChI is InChI=1S/C23H28O4/c1-22-6-5-18-15(17(22)3-2-16(22)13-8-21(25)26-11-13)10-20-19-9-14(24)4-7-23(18,19)12-27-20/h8-9,15-18,20H,2-7,10-12H2,1H3/t15-,16+,17+,18-,20?,22+,23-/m0/s1. The fraction of sp³-hybridized carbons (Fsp3) is 0.739. The van der Waals surface area contributed by atoms with E-state index < -0.39 is 0 Å². The van der Waals surface area contributed by atoms with Crippen molar-refractivity contribution < 1.29 is 19.1 Å². The molecule has 27 heavy (non-hydrogen) atoms. The van der Waals surface area contributed by atoms with E-state index in [0.717, 1.165) is 19.4 Å². The van der Waals surface area contributed by atoms with Crippen LogP contribution in [0.2, 0.25) is 0 Å². The van der Waals surface area contributed by atoms with Gasteiger partial charge in [0, 0.05) is 17.9 Å². The van der Waals surface area contributed by atoms with Crippen LogP contribution in [0.4, 0.5) is 0 Å². The van der Waals surface area contributed by atoms with E-state index in [1.54, 1.807) is 6.08 Å². The van der Waals surface area contributed by atoms with Gasteiger partial charge in [0.25, 0.3) is 0 Å². The number of carbonyl (C=O) groups is 2. The second-order valence-corrected chi connectivity index (χ2v) is 10.1. The van der Waals surface area contributed by atoms with Crippen molar-refractivity contribution in [2.24, 2.45) is 34.5 Å². The molecule has 0 amide bonds. The van der Waals surface area contributed by atoms with Gasteiger partial charge in [-0.25, -0.2) is 4.79 Å². The van der Waals surface area contributed by atoms with E-state index in [2.05, 4.69) is 6.92 Å². The first kappa shape index (κ1) is 16.5. The molecule has 1 unspecified atom stereocenters. The zero-order valence-electron chi connectivity index (χ0n) is 16.0. The lowest BCUT2D eigenvalue weighted by atomic mass is 9.46. The molecule has 6 aliphatic rings. The molecule has 4 aliphatic carbocycles. The number of carbonyl (C=O) groups excluding carboxylic acids is 2. The molecule has 1 saturated heterocycles. The van der Waals surface area contributed by atoms with Crippen molar-refractivity contribution in [3.05, 3.63) is 23.3 Å². The van der Waals surface area contributed by atoms with Gasteiger partial charge in [0.15, 0.2) is 5.78 Å². The summed E-state index contributed by atoms with van der Waals surface area (Å²) in [4.78, 5) is 23.7. The van der Waals surface area contributed by atoms with E-state index in [-0.39, 0.29) is 22.9 Å². The maximum absolute atomic E-state index is 12.1. The van der Waals surface area contributed by atoms with Crippen LogP contribution < -0.4 is 0 Å². The predicted octanol–water partition coefficient (Wildman–Crippen LogP) is 3.61. The van der Waals surface area contributed by atoms with Crippen LogP contribution in [0.1, 0.15) is 51.9 Å². The summed E-state index contributed by atoms with van der Waals surface area (Å²) in [6.07, 6.45) is 11.6. The highest BCUT2D eigenvalue weighted by Crippen LogP contribution is 2.69. The average Bonchev–Trinajstić information content (AvgIpc) is 3.29. The van der Waals surface area contributed by atoms with Crippen LogP contribution in [0, 0.1) is 34.5 Å². The van der Waals surface area contributed by atoms with E-state index >= 15 is 0 Å². The first-order valence-electron chi connectivity index (χ1n) is 10.7. The lowest BCUT2D eigenvalue weighted by Crippen LogP contribution is -2.52. The summed E-state index contributed by atoms with van der Waals surface area (Å²) < 4.78 is 11.5. The summed E-state index contributed by atoms with van der Waals surface area (Å²) in [6.45, 7) is 3.81. The van der Waals surface area contributed by atoms with Crippen molar-refractivity contribution in [2.45, 2.75) is 58.0 Å². The number of ether oxygens (including phenoxy) is 2. The second kappa shape index (κ2) is 5.34. The Morgan fingerprint density at radius 2 is 1.96 bits per heavy atom. The lowest BCUT2D eigenvalue weighted by Gasteiger charge is -2.57. The molecule has 2 heterocycles. The minimum atomic E-state index is -0.157. The van der Waals surface area contributed by atoms with Crippen molar-refractivity contribution in [1.82, 2.24) is 0 Å². The molecule has 2 bridgehead atoms. The number of hydrogen-bond acceptors (Lipinski definition) is 4. The number of esters is 1. The number of rotatable bonds is 1. The third kappa shape index (κ3) is 2.03. The molecule has 2 aliphatic heterocycles. The summed E-state index contributed by atoms with van der Waals surface area (Å²) in [6, 6.07) is 0. The number of ketones is 1. The molecule has 0 radical (unpaired) electrons. The van der Waals surface area contributed by atoms with Crippen molar-refractivity contribution in [2.75, 3.05) is 13.2 Å². The third-order valence-corrected chi connectivity index (χ3v) is 9.36. The average molecular weight is 368 g/mol. The first-order chi connectivity index (χ1) is 13.0. The zero-order chi connectivity index (χ0) is 18.4. The van der Waals surface area contributed by atoms with E-state index in [4.69, 9.17) is 9.47 Å². The molecule has 0 N–H and O–H groups in total. The van der Waals surface area contributed by atoms with E-state index in [9.17, 15) is 9.59 Å². The Bertz CT molecular complexity index is 794. The van der Waals surface area contributed by atoms with Gasteiger partial charge in [-0.05, 0) is 84.8 Å². The molecule has 0 aromatic heterocycles. The van der Waals surface area contributed by atoms with Gasteiger partial charge in [0.05, 0.1) is 12.7 Å². The highest BCUT2D eigenvalue weighted by atomic mass is 16.5. The van der Waals surface area contributed by atoms with Gasteiger partial charge in [-0.3, -0.25) is 4.79 Å². The molecule has 0 aromatic rings. The number of cyclic esters (lactones) is 1. The quantitative estimate of drug-likeness (QED) is 0.664. The lowest BCUT2D eigenvalue weighted by molar-refractivity contribution is -0.135. The van der Waals surface area contributed by atoms with Crippen LogP contribution in [0.3, 0.4) is 0 Å². The van der Waals surface area contributed by atoms with Gasteiger partial charge in [0.2, 0.25) is 0 Å². The summed E-state index contributed by atoms with van der Waals surface area (Å²) >= 11 is 0. The van der Waals surface area contributed by atoms with Gasteiger partial charge in [0.1, 0.15) is 6.61 Å². The van der Waals surface area contributed by atoms with E-state index in [1.165, 1.54) is 36.8 Å². The molecule has 4 fully saturated rings. The SMILES string of the molecule is C[C@]12CC[C@H]3[C@@H](CC4OC[C@@]35CCC(=O)C=C45)[C@H]1CC[C@@H]2C1=CC(=O)OC1. The second-order valence-electron chi connectivity index (χ2n) is 10.1. The summed E-state index contributed by atoms with van der Waals surface area (Å²) in [7, 11) is 0. The minimum absolute atomic E-state index is 0.145. The fourth-order valence-corrected chi connectivity index (χ4v) is 8.24. The Hall–Kier alpha value is -1.42. The van der Waals surface area contributed by atoms with Crippen molar-refractivity contribution in [1.29, 1.82) is 0 Å². The Kier molecular flexibility index (Phi) is 3.27. The fourth-order valence-electron chi connectivity index (χ4n) is 8.24. The van der Waals surface area contributed by atoms with E-state index in [1.807, 2.05) is 6.08 Å². The van der Waals surface area contributed by atoms with E-state index in [0.29, 0.717) is 42.5 Å². The maximum atomic E-state index is 12.1. The molecule has 4 nitrogen and oxygen atoms in total. The highest BCUT2D eigenvalue weighted by Gasteiger charge is 2.64. The highest BCUT2D eigenvalue weighted by molar-refractivity contribution is 5.92.